The molecule has 1 rings (SSSR count). The van der Waals surface area contributed by atoms with Crippen molar-refractivity contribution in [2.45, 2.75) is 31.5 Å². The highest BCUT2D eigenvalue weighted by atomic mass is 19.4. The fourth-order valence-corrected chi connectivity index (χ4v) is 1.86. The predicted octanol–water partition coefficient (Wildman–Crippen LogP) is 1.41. The Hall–Kier alpha value is -0.330. The molecular weight excluding hydrogens is 223 g/mol. The van der Waals surface area contributed by atoms with E-state index in [0.29, 0.717) is 19.6 Å². The van der Waals surface area contributed by atoms with E-state index in [1.165, 1.54) is 4.90 Å². The first-order valence-electron chi connectivity index (χ1n) is 5.53. The zero-order valence-corrected chi connectivity index (χ0v) is 9.17. The molecular formula is C10H18F3NO2. The molecule has 0 aromatic heterocycles. The van der Waals surface area contributed by atoms with E-state index in [0.717, 1.165) is 12.8 Å². The van der Waals surface area contributed by atoms with Crippen LogP contribution in [0.25, 0.3) is 0 Å². The van der Waals surface area contributed by atoms with Crippen molar-refractivity contribution >= 4 is 0 Å². The quantitative estimate of drug-likeness (QED) is 0.763. The van der Waals surface area contributed by atoms with E-state index < -0.39 is 12.7 Å². The SMILES string of the molecule is OCCN(CCC1CCCO1)CC(F)(F)F. The molecule has 1 fully saturated rings. The van der Waals surface area contributed by atoms with Gasteiger partial charge >= 0.3 is 6.18 Å². The molecule has 1 heterocycles. The second-order valence-corrected chi connectivity index (χ2v) is 4.04. The lowest BCUT2D eigenvalue weighted by atomic mass is 10.2. The summed E-state index contributed by atoms with van der Waals surface area (Å²) in [5.74, 6) is 0. The molecule has 96 valence electrons. The summed E-state index contributed by atoms with van der Waals surface area (Å²) in [6, 6.07) is 0. The van der Waals surface area contributed by atoms with Gasteiger partial charge in [-0.25, -0.2) is 0 Å². The molecule has 0 bridgehead atoms. The van der Waals surface area contributed by atoms with Gasteiger partial charge in [0.05, 0.1) is 19.3 Å². The van der Waals surface area contributed by atoms with E-state index in [4.69, 9.17) is 9.84 Å². The predicted molar refractivity (Wildman–Crippen MR) is 53.2 cm³/mol. The van der Waals surface area contributed by atoms with Gasteiger partial charge in [0.1, 0.15) is 0 Å². The second-order valence-electron chi connectivity index (χ2n) is 4.04. The van der Waals surface area contributed by atoms with Crippen LogP contribution >= 0.6 is 0 Å². The number of hydrogen-bond donors (Lipinski definition) is 1. The molecule has 1 atom stereocenters. The van der Waals surface area contributed by atoms with E-state index >= 15 is 0 Å². The van der Waals surface area contributed by atoms with Crippen LogP contribution in [-0.4, -0.2) is 55.1 Å². The van der Waals surface area contributed by atoms with Crippen molar-refractivity contribution in [3.8, 4) is 0 Å². The number of halogens is 3. The van der Waals surface area contributed by atoms with Crippen molar-refractivity contribution in [1.29, 1.82) is 0 Å². The maximum Gasteiger partial charge on any atom is 0.401 e. The van der Waals surface area contributed by atoms with E-state index in [2.05, 4.69) is 0 Å². The summed E-state index contributed by atoms with van der Waals surface area (Å²) < 4.78 is 41.9. The van der Waals surface area contributed by atoms with Gasteiger partial charge < -0.3 is 9.84 Å². The van der Waals surface area contributed by atoms with Crippen molar-refractivity contribution in [1.82, 2.24) is 4.90 Å². The molecule has 0 saturated carbocycles. The second kappa shape index (κ2) is 6.42. The van der Waals surface area contributed by atoms with Gasteiger partial charge in [-0.3, -0.25) is 4.90 Å². The molecule has 1 aliphatic heterocycles. The monoisotopic (exact) mass is 241 g/mol. The fourth-order valence-electron chi connectivity index (χ4n) is 1.86. The van der Waals surface area contributed by atoms with Gasteiger partial charge in [0.2, 0.25) is 0 Å². The maximum atomic E-state index is 12.2. The van der Waals surface area contributed by atoms with Crippen molar-refractivity contribution in [3.63, 3.8) is 0 Å². The van der Waals surface area contributed by atoms with Crippen LogP contribution in [0.2, 0.25) is 0 Å². The smallest absolute Gasteiger partial charge is 0.395 e. The third-order valence-electron chi connectivity index (χ3n) is 2.61. The van der Waals surface area contributed by atoms with Crippen molar-refractivity contribution in [2.24, 2.45) is 0 Å². The van der Waals surface area contributed by atoms with Crippen LogP contribution in [0.15, 0.2) is 0 Å². The first-order chi connectivity index (χ1) is 7.51. The number of nitrogens with zero attached hydrogens (tertiary/aromatic N) is 1. The van der Waals surface area contributed by atoms with Crippen molar-refractivity contribution in [3.05, 3.63) is 0 Å². The maximum absolute atomic E-state index is 12.2. The topological polar surface area (TPSA) is 32.7 Å². The number of ether oxygens (including phenoxy) is 1. The standard InChI is InChI=1S/C10H18F3NO2/c11-10(12,13)8-14(5-6-15)4-3-9-2-1-7-16-9/h9,15H,1-8H2. The Morgan fingerprint density at radius 2 is 2.06 bits per heavy atom. The molecule has 16 heavy (non-hydrogen) atoms. The van der Waals surface area contributed by atoms with Crippen molar-refractivity contribution < 1.29 is 23.0 Å². The molecule has 0 aromatic carbocycles. The molecule has 1 N–H and O–H groups in total. The third kappa shape index (κ3) is 5.67. The van der Waals surface area contributed by atoms with Gasteiger partial charge in [-0.2, -0.15) is 13.2 Å². The Morgan fingerprint density at radius 3 is 2.56 bits per heavy atom. The van der Waals surface area contributed by atoms with E-state index in [9.17, 15) is 13.2 Å². The average molecular weight is 241 g/mol. The zero-order valence-electron chi connectivity index (χ0n) is 9.17. The molecule has 1 saturated heterocycles. The fraction of sp³-hybridized carbons (Fsp3) is 1.00. The van der Waals surface area contributed by atoms with E-state index in [-0.39, 0.29) is 19.3 Å². The van der Waals surface area contributed by atoms with Crippen LogP contribution < -0.4 is 0 Å². The van der Waals surface area contributed by atoms with Crippen LogP contribution in [0.4, 0.5) is 13.2 Å². The summed E-state index contributed by atoms with van der Waals surface area (Å²) in [7, 11) is 0. The molecule has 0 amide bonds. The van der Waals surface area contributed by atoms with Gasteiger partial charge in [0.25, 0.3) is 0 Å². The Labute approximate surface area is 93.2 Å². The van der Waals surface area contributed by atoms with Gasteiger partial charge in [0, 0.05) is 19.7 Å². The summed E-state index contributed by atoms with van der Waals surface area (Å²) in [6.07, 6.45) is -1.58. The number of rotatable bonds is 6. The summed E-state index contributed by atoms with van der Waals surface area (Å²) >= 11 is 0. The van der Waals surface area contributed by atoms with Crippen molar-refractivity contribution in [2.75, 3.05) is 32.8 Å². The summed E-state index contributed by atoms with van der Waals surface area (Å²) in [6.45, 7) is -0.108. The van der Waals surface area contributed by atoms with Gasteiger partial charge in [-0.05, 0) is 19.3 Å². The number of aliphatic hydroxyl groups excluding tert-OH is 1. The van der Waals surface area contributed by atoms with Crippen LogP contribution in [0.5, 0.6) is 0 Å². The number of hydrogen-bond acceptors (Lipinski definition) is 3. The summed E-state index contributed by atoms with van der Waals surface area (Å²) in [5, 5.41) is 8.69. The molecule has 1 unspecified atom stereocenters. The van der Waals surface area contributed by atoms with Crippen LogP contribution in [0.3, 0.4) is 0 Å². The van der Waals surface area contributed by atoms with Crippen LogP contribution in [0.1, 0.15) is 19.3 Å². The molecule has 0 aromatic rings. The summed E-state index contributed by atoms with van der Waals surface area (Å²) in [4.78, 5) is 1.22. The Kier molecular flexibility index (Phi) is 5.51. The molecule has 0 aliphatic carbocycles. The van der Waals surface area contributed by atoms with Gasteiger partial charge in [0.15, 0.2) is 0 Å². The van der Waals surface area contributed by atoms with E-state index in [1.54, 1.807) is 0 Å². The molecule has 0 radical (unpaired) electrons. The van der Waals surface area contributed by atoms with E-state index in [1.807, 2.05) is 0 Å². The first-order valence-corrected chi connectivity index (χ1v) is 5.53. The average Bonchev–Trinajstić information content (AvgIpc) is 2.64. The molecule has 6 heteroatoms. The lowest BCUT2D eigenvalue weighted by Crippen LogP contribution is -2.37. The van der Waals surface area contributed by atoms with Crippen LogP contribution in [-0.2, 0) is 4.74 Å². The number of alkyl halides is 3. The summed E-state index contributed by atoms with van der Waals surface area (Å²) in [5.41, 5.74) is 0. The highest BCUT2D eigenvalue weighted by molar-refractivity contribution is 4.69. The van der Waals surface area contributed by atoms with Gasteiger partial charge in [-0.15, -0.1) is 0 Å². The largest absolute Gasteiger partial charge is 0.401 e. The molecule has 0 spiro atoms. The highest BCUT2D eigenvalue weighted by Crippen LogP contribution is 2.19. The molecule has 3 nitrogen and oxygen atoms in total. The highest BCUT2D eigenvalue weighted by Gasteiger charge is 2.30. The van der Waals surface area contributed by atoms with Gasteiger partial charge in [-0.1, -0.05) is 0 Å². The van der Waals surface area contributed by atoms with Crippen LogP contribution in [0, 0.1) is 0 Å². The number of aliphatic hydroxyl groups is 1. The Morgan fingerprint density at radius 1 is 1.31 bits per heavy atom. The zero-order chi connectivity index (χ0) is 12.0. The Balaban J connectivity index is 2.26. The lowest BCUT2D eigenvalue weighted by Gasteiger charge is -2.23. The minimum atomic E-state index is -4.20. The normalized spacial score (nSPS) is 21.9. The molecule has 1 aliphatic rings. The Bertz CT molecular complexity index is 193. The first kappa shape index (κ1) is 13.7. The minimum Gasteiger partial charge on any atom is -0.395 e. The minimum absolute atomic E-state index is 0.0617. The lowest BCUT2D eigenvalue weighted by molar-refractivity contribution is -0.147. The third-order valence-corrected chi connectivity index (χ3v) is 2.61.